The minimum atomic E-state index is -0.0574. The highest BCUT2D eigenvalue weighted by atomic mass is 16.6. The van der Waals surface area contributed by atoms with Crippen molar-refractivity contribution in [3.63, 3.8) is 0 Å². The molecule has 1 spiro atoms. The molecule has 21 heavy (non-hydrogen) atoms. The molecule has 0 aromatic heterocycles. The molecular formula is C18H33NO2. The van der Waals surface area contributed by atoms with Crippen molar-refractivity contribution in [1.82, 2.24) is 0 Å². The molecule has 0 aromatic rings. The zero-order valence-electron chi connectivity index (χ0n) is 13.7. The highest BCUT2D eigenvalue weighted by Gasteiger charge is 2.42. The third-order valence-corrected chi connectivity index (χ3v) is 6.24. The van der Waals surface area contributed by atoms with Crippen molar-refractivity contribution >= 4 is 0 Å². The summed E-state index contributed by atoms with van der Waals surface area (Å²) in [6.45, 7) is 3.76. The fraction of sp³-hybridized carbons (Fsp3) is 1.00. The normalized spacial score (nSPS) is 39.7. The van der Waals surface area contributed by atoms with Gasteiger partial charge in [0.15, 0.2) is 0 Å². The molecule has 2 aliphatic carbocycles. The maximum absolute atomic E-state index is 6.43. The topological polar surface area (TPSA) is 44.5 Å². The average Bonchev–Trinajstić information content (AvgIpc) is 2.91. The van der Waals surface area contributed by atoms with Gasteiger partial charge >= 0.3 is 0 Å². The second kappa shape index (κ2) is 6.55. The van der Waals surface area contributed by atoms with Crippen LogP contribution >= 0.6 is 0 Å². The summed E-state index contributed by atoms with van der Waals surface area (Å²) in [5, 5.41) is 0. The third kappa shape index (κ3) is 3.62. The molecule has 3 fully saturated rings. The van der Waals surface area contributed by atoms with Crippen LogP contribution in [-0.4, -0.2) is 30.5 Å². The summed E-state index contributed by atoms with van der Waals surface area (Å²) in [5.41, 5.74) is 6.19. The van der Waals surface area contributed by atoms with Crippen LogP contribution in [0.1, 0.15) is 77.6 Å². The second-order valence-corrected chi connectivity index (χ2v) is 7.90. The van der Waals surface area contributed by atoms with Gasteiger partial charge in [-0.2, -0.15) is 0 Å². The fourth-order valence-electron chi connectivity index (χ4n) is 4.54. The van der Waals surface area contributed by atoms with Gasteiger partial charge in [-0.05, 0) is 57.3 Å². The first-order chi connectivity index (χ1) is 10.2. The summed E-state index contributed by atoms with van der Waals surface area (Å²) in [7, 11) is 0. The molecule has 0 radical (unpaired) electrons. The van der Waals surface area contributed by atoms with Crippen LogP contribution in [0.4, 0.5) is 0 Å². The van der Waals surface area contributed by atoms with Gasteiger partial charge in [0.25, 0.3) is 0 Å². The van der Waals surface area contributed by atoms with E-state index < -0.39 is 0 Å². The van der Waals surface area contributed by atoms with E-state index in [1.807, 2.05) is 0 Å². The molecule has 1 saturated heterocycles. The minimum Gasteiger partial charge on any atom is -0.371 e. The summed E-state index contributed by atoms with van der Waals surface area (Å²) in [5.74, 6) is 0.835. The van der Waals surface area contributed by atoms with Crippen molar-refractivity contribution in [3.05, 3.63) is 0 Å². The maximum atomic E-state index is 6.43. The molecule has 0 bridgehead atoms. The lowest BCUT2D eigenvalue weighted by Gasteiger charge is -2.39. The summed E-state index contributed by atoms with van der Waals surface area (Å²) in [4.78, 5) is 0. The lowest BCUT2D eigenvalue weighted by Crippen LogP contribution is -2.45. The quantitative estimate of drug-likeness (QED) is 0.858. The molecule has 1 heterocycles. The lowest BCUT2D eigenvalue weighted by atomic mass is 9.79. The van der Waals surface area contributed by atoms with E-state index in [0.29, 0.717) is 12.6 Å². The lowest BCUT2D eigenvalue weighted by molar-refractivity contribution is -0.133. The average molecular weight is 295 g/mol. The predicted octanol–water partition coefficient (Wildman–Crippen LogP) is 3.79. The first-order valence-electron chi connectivity index (χ1n) is 9.17. The first kappa shape index (κ1) is 15.8. The van der Waals surface area contributed by atoms with Crippen molar-refractivity contribution in [2.45, 2.75) is 94.9 Å². The van der Waals surface area contributed by atoms with Crippen LogP contribution in [0.2, 0.25) is 0 Å². The Kier molecular flexibility index (Phi) is 4.92. The fourth-order valence-corrected chi connectivity index (χ4v) is 4.54. The van der Waals surface area contributed by atoms with E-state index in [0.717, 1.165) is 25.4 Å². The first-order valence-corrected chi connectivity index (χ1v) is 9.17. The van der Waals surface area contributed by atoms with Gasteiger partial charge in [0.05, 0.1) is 23.9 Å². The molecule has 3 heteroatoms. The molecule has 122 valence electrons. The van der Waals surface area contributed by atoms with Crippen molar-refractivity contribution in [1.29, 1.82) is 0 Å². The highest BCUT2D eigenvalue weighted by molar-refractivity contribution is 4.92. The van der Waals surface area contributed by atoms with Gasteiger partial charge in [-0.25, -0.2) is 0 Å². The third-order valence-electron chi connectivity index (χ3n) is 6.24. The number of hydrogen-bond acceptors (Lipinski definition) is 3. The Morgan fingerprint density at radius 1 is 1.00 bits per heavy atom. The second-order valence-electron chi connectivity index (χ2n) is 7.90. The van der Waals surface area contributed by atoms with Crippen LogP contribution < -0.4 is 5.73 Å². The molecule has 0 aromatic carbocycles. The smallest absolute Gasteiger partial charge is 0.0817 e. The Balaban J connectivity index is 1.48. The van der Waals surface area contributed by atoms with E-state index in [9.17, 15) is 0 Å². The van der Waals surface area contributed by atoms with Crippen molar-refractivity contribution < 1.29 is 9.47 Å². The monoisotopic (exact) mass is 295 g/mol. The summed E-state index contributed by atoms with van der Waals surface area (Å²) < 4.78 is 12.8. The Morgan fingerprint density at radius 3 is 2.38 bits per heavy atom. The van der Waals surface area contributed by atoms with Gasteiger partial charge in [-0.3, -0.25) is 0 Å². The van der Waals surface area contributed by atoms with Crippen LogP contribution in [0.15, 0.2) is 0 Å². The zero-order chi connectivity index (χ0) is 14.8. The van der Waals surface area contributed by atoms with Gasteiger partial charge in [0.1, 0.15) is 0 Å². The largest absolute Gasteiger partial charge is 0.371 e. The van der Waals surface area contributed by atoms with Crippen molar-refractivity contribution in [2.24, 2.45) is 11.7 Å². The van der Waals surface area contributed by atoms with Crippen molar-refractivity contribution in [3.8, 4) is 0 Å². The summed E-state index contributed by atoms with van der Waals surface area (Å²) >= 11 is 0. The standard InChI is InChI=1S/C18H33NO2/c1-15-5-10-18(14-19,11-6-15)20-13-16-7-12-17(21-16)8-3-2-4-9-17/h15-16H,2-14,19H2,1H3. The minimum absolute atomic E-state index is 0.0574. The molecule has 2 saturated carbocycles. The Morgan fingerprint density at radius 2 is 1.71 bits per heavy atom. The van der Waals surface area contributed by atoms with Crippen LogP contribution in [0.5, 0.6) is 0 Å². The van der Waals surface area contributed by atoms with Gasteiger partial charge in [0, 0.05) is 6.54 Å². The summed E-state index contributed by atoms with van der Waals surface area (Å²) in [6, 6.07) is 0. The number of nitrogens with two attached hydrogens (primary N) is 1. The molecule has 3 aliphatic rings. The molecule has 3 rings (SSSR count). The maximum Gasteiger partial charge on any atom is 0.0817 e. The van der Waals surface area contributed by atoms with Gasteiger partial charge in [-0.15, -0.1) is 0 Å². The van der Waals surface area contributed by atoms with Crippen LogP contribution in [0.25, 0.3) is 0 Å². The van der Waals surface area contributed by atoms with E-state index in [1.165, 1.54) is 57.8 Å². The number of hydrogen-bond donors (Lipinski definition) is 1. The number of rotatable bonds is 4. The van der Waals surface area contributed by atoms with Gasteiger partial charge < -0.3 is 15.2 Å². The van der Waals surface area contributed by atoms with Gasteiger partial charge in [0.2, 0.25) is 0 Å². The van der Waals surface area contributed by atoms with E-state index >= 15 is 0 Å². The Bertz CT molecular complexity index is 330. The van der Waals surface area contributed by atoms with Crippen LogP contribution in [0.3, 0.4) is 0 Å². The van der Waals surface area contributed by atoms with E-state index in [4.69, 9.17) is 15.2 Å². The van der Waals surface area contributed by atoms with E-state index in [2.05, 4.69) is 6.92 Å². The molecule has 1 unspecified atom stereocenters. The molecule has 1 atom stereocenters. The summed E-state index contributed by atoms with van der Waals surface area (Å²) in [6.07, 6.45) is 14.1. The SMILES string of the molecule is CC1CCC(CN)(OCC2CCC3(CCCCC3)O2)CC1. The highest BCUT2D eigenvalue weighted by Crippen LogP contribution is 2.42. The van der Waals surface area contributed by atoms with Crippen molar-refractivity contribution in [2.75, 3.05) is 13.2 Å². The molecule has 2 N–H and O–H groups in total. The van der Waals surface area contributed by atoms with E-state index in [1.54, 1.807) is 0 Å². The predicted molar refractivity (Wildman–Crippen MR) is 85.3 cm³/mol. The Labute approximate surface area is 129 Å². The van der Waals surface area contributed by atoms with Crippen LogP contribution in [-0.2, 0) is 9.47 Å². The zero-order valence-corrected chi connectivity index (χ0v) is 13.7. The molecule has 0 amide bonds. The molecular weight excluding hydrogens is 262 g/mol. The number of ether oxygens (including phenoxy) is 2. The molecule has 1 aliphatic heterocycles. The van der Waals surface area contributed by atoms with Crippen LogP contribution in [0, 0.1) is 5.92 Å². The van der Waals surface area contributed by atoms with E-state index in [-0.39, 0.29) is 11.2 Å². The Hall–Kier alpha value is -0.120. The molecule has 3 nitrogen and oxygen atoms in total. The van der Waals surface area contributed by atoms with Gasteiger partial charge in [-0.1, -0.05) is 26.2 Å².